The highest BCUT2D eigenvalue weighted by molar-refractivity contribution is 7.89. The highest BCUT2D eigenvalue weighted by Crippen LogP contribution is 2.32. The Morgan fingerprint density at radius 2 is 1.67 bits per heavy atom. The Morgan fingerprint density at radius 3 is 2.25 bits per heavy atom. The normalized spacial score (nSPS) is 14.2. The van der Waals surface area contributed by atoms with Crippen molar-refractivity contribution in [2.24, 2.45) is 5.14 Å². The summed E-state index contributed by atoms with van der Waals surface area (Å²) in [4.78, 5) is 24.7. The number of benzene rings is 2. The number of nitrogens with zero attached hydrogens (tertiary/aromatic N) is 1. The number of primary sulfonamides is 1. The van der Waals surface area contributed by atoms with Crippen LogP contribution in [-0.4, -0.2) is 20.1 Å². The van der Waals surface area contributed by atoms with Crippen LogP contribution < -0.4 is 10.0 Å². The Morgan fingerprint density at radius 1 is 1.04 bits per heavy atom. The molecule has 1 heterocycles. The van der Waals surface area contributed by atoms with Gasteiger partial charge in [0.2, 0.25) is 10.0 Å². The molecule has 0 spiro atoms. The van der Waals surface area contributed by atoms with Crippen molar-refractivity contribution < 1.29 is 26.8 Å². The van der Waals surface area contributed by atoms with Gasteiger partial charge in [0.1, 0.15) is 11.6 Å². The molecule has 2 aromatic carbocycles. The predicted molar refractivity (Wildman–Crippen MR) is 79.7 cm³/mol. The van der Waals surface area contributed by atoms with E-state index in [1.54, 1.807) is 0 Å². The summed E-state index contributed by atoms with van der Waals surface area (Å²) in [7, 11) is -4.06. The van der Waals surface area contributed by atoms with Crippen LogP contribution in [0.3, 0.4) is 0 Å². The Hall–Kier alpha value is -2.65. The van der Waals surface area contributed by atoms with Gasteiger partial charge in [-0.05, 0) is 30.3 Å². The molecule has 124 valence electrons. The van der Waals surface area contributed by atoms with Crippen LogP contribution in [0.4, 0.5) is 14.5 Å². The van der Waals surface area contributed by atoms with E-state index in [2.05, 4.69) is 0 Å². The van der Waals surface area contributed by atoms with E-state index < -0.39 is 39.9 Å². The molecule has 1 aliphatic heterocycles. The van der Waals surface area contributed by atoms with Gasteiger partial charge in [-0.2, -0.15) is 0 Å². The molecule has 3 rings (SSSR count). The van der Waals surface area contributed by atoms with E-state index in [0.29, 0.717) is 0 Å². The van der Waals surface area contributed by atoms with E-state index in [-0.39, 0.29) is 21.7 Å². The number of fused-ring (bicyclic) bond motifs is 1. The van der Waals surface area contributed by atoms with Gasteiger partial charge in [0.15, 0.2) is 0 Å². The number of carbonyl (C=O) groups excluding carboxylic acids is 2. The number of hydrogen-bond acceptors (Lipinski definition) is 4. The third kappa shape index (κ3) is 2.57. The van der Waals surface area contributed by atoms with Gasteiger partial charge in [-0.1, -0.05) is 6.07 Å². The molecule has 6 nitrogen and oxygen atoms in total. The van der Waals surface area contributed by atoms with Crippen molar-refractivity contribution in [2.75, 3.05) is 4.90 Å². The van der Waals surface area contributed by atoms with E-state index in [0.717, 1.165) is 29.2 Å². The highest BCUT2D eigenvalue weighted by Gasteiger charge is 2.37. The maximum Gasteiger partial charge on any atom is 0.299 e. The summed E-state index contributed by atoms with van der Waals surface area (Å²) >= 11 is 0. The third-order valence-corrected chi connectivity index (χ3v) is 4.56. The second-order valence-corrected chi connectivity index (χ2v) is 6.71. The monoisotopic (exact) mass is 352 g/mol. The van der Waals surface area contributed by atoms with E-state index in [1.807, 2.05) is 0 Å². The van der Waals surface area contributed by atoms with Crippen LogP contribution in [0.15, 0.2) is 41.3 Å². The second kappa shape index (κ2) is 5.46. The first kappa shape index (κ1) is 16.2. The quantitative estimate of drug-likeness (QED) is 0.843. The number of hydrogen-bond donors (Lipinski definition) is 1. The fourth-order valence-corrected chi connectivity index (χ4v) is 2.99. The minimum absolute atomic E-state index is 0.0695. The third-order valence-electron chi connectivity index (χ3n) is 3.65. The van der Waals surface area contributed by atoms with Crippen LogP contribution in [0.5, 0.6) is 0 Å². The van der Waals surface area contributed by atoms with Crippen LogP contribution >= 0.6 is 0 Å². The van der Waals surface area contributed by atoms with Crippen LogP contribution in [0.2, 0.25) is 0 Å². The number of amides is 1. The lowest BCUT2D eigenvalue weighted by atomic mass is 10.1. The molecular formula is C15H10F2N2O4S. The van der Waals surface area contributed by atoms with Crippen LogP contribution in [0.1, 0.15) is 15.9 Å². The molecule has 0 bridgehead atoms. The molecule has 0 saturated carbocycles. The predicted octanol–water partition coefficient (Wildman–Crippen LogP) is 1.34. The summed E-state index contributed by atoms with van der Waals surface area (Å²) in [6.45, 7) is -0.495. The maximum absolute atomic E-state index is 13.8. The zero-order chi connectivity index (χ0) is 17.6. The first-order chi connectivity index (χ1) is 11.2. The van der Waals surface area contributed by atoms with Gasteiger partial charge in [-0.15, -0.1) is 0 Å². The number of Topliss-reactive ketones (excluding diaryl/α,β-unsaturated/α-hetero) is 1. The minimum atomic E-state index is -4.06. The molecule has 9 heteroatoms. The molecule has 1 amide bonds. The lowest BCUT2D eigenvalue weighted by molar-refractivity contribution is -0.114. The average Bonchev–Trinajstić information content (AvgIpc) is 2.74. The maximum atomic E-state index is 13.8. The van der Waals surface area contributed by atoms with Crippen molar-refractivity contribution >= 4 is 27.4 Å². The van der Waals surface area contributed by atoms with Gasteiger partial charge in [-0.3, -0.25) is 9.59 Å². The van der Waals surface area contributed by atoms with Gasteiger partial charge in [0, 0.05) is 5.56 Å². The standard InChI is InChI=1S/C15H10F2N2O4S/c16-11-2-1-3-12(17)10(11)7-19-13-5-4-8(24(18,22)23)6-9(13)14(20)15(19)21/h1-6H,7H2,(H2,18,22,23). The molecule has 0 radical (unpaired) electrons. The van der Waals surface area contributed by atoms with Crippen molar-refractivity contribution in [1.82, 2.24) is 0 Å². The van der Waals surface area contributed by atoms with Gasteiger partial charge in [0.25, 0.3) is 11.7 Å². The van der Waals surface area contributed by atoms with E-state index in [4.69, 9.17) is 5.14 Å². The minimum Gasteiger partial charge on any atom is -0.300 e. The molecule has 1 aliphatic rings. The first-order valence-electron chi connectivity index (χ1n) is 6.66. The number of ketones is 1. The van der Waals surface area contributed by atoms with Crippen molar-refractivity contribution in [3.63, 3.8) is 0 Å². The van der Waals surface area contributed by atoms with Crippen molar-refractivity contribution in [1.29, 1.82) is 0 Å². The van der Waals surface area contributed by atoms with E-state index in [1.165, 1.54) is 12.1 Å². The Kier molecular flexibility index (Phi) is 3.69. The van der Waals surface area contributed by atoms with Crippen LogP contribution in [0, 0.1) is 11.6 Å². The van der Waals surface area contributed by atoms with E-state index in [9.17, 15) is 26.8 Å². The van der Waals surface area contributed by atoms with Crippen molar-refractivity contribution in [3.8, 4) is 0 Å². The summed E-state index contributed by atoms with van der Waals surface area (Å²) in [6, 6.07) is 6.54. The van der Waals surface area contributed by atoms with Crippen molar-refractivity contribution in [2.45, 2.75) is 11.4 Å². The number of nitrogens with two attached hydrogens (primary N) is 1. The molecule has 0 aliphatic carbocycles. The summed E-state index contributed by atoms with van der Waals surface area (Å²) in [6.07, 6.45) is 0. The molecule has 0 aromatic heterocycles. The molecule has 0 fully saturated rings. The first-order valence-corrected chi connectivity index (χ1v) is 8.20. The number of sulfonamides is 1. The van der Waals surface area contributed by atoms with Crippen molar-refractivity contribution in [3.05, 3.63) is 59.2 Å². The number of carbonyl (C=O) groups is 2. The summed E-state index contributed by atoms with van der Waals surface area (Å²) in [5.74, 6) is -3.68. The number of halogens is 2. The number of rotatable bonds is 3. The van der Waals surface area contributed by atoms with Gasteiger partial charge in [-0.25, -0.2) is 22.3 Å². The molecule has 0 atom stereocenters. The molecule has 0 unspecified atom stereocenters. The summed E-state index contributed by atoms with van der Waals surface area (Å²) < 4.78 is 50.2. The molecular weight excluding hydrogens is 342 g/mol. The number of anilines is 1. The van der Waals surface area contributed by atoms with E-state index >= 15 is 0 Å². The zero-order valence-corrected chi connectivity index (χ0v) is 12.8. The Balaban J connectivity index is 2.07. The average molecular weight is 352 g/mol. The lowest BCUT2D eigenvalue weighted by Gasteiger charge is -2.17. The molecule has 2 N–H and O–H groups in total. The molecule has 2 aromatic rings. The highest BCUT2D eigenvalue weighted by atomic mass is 32.2. The summed E-state index contributed by atoms with van der Waals surface area (Å²) in [5, 5.41) is 4.99. The smallest absolute Gasteiger partial charge is 0.299 e. The zero-order valence-electron chi connectivity index (χ0n) is 12.0. The largest absolute Gasteiger partial charge is 0.300 e. The second-order valence-electron chi connectivity index (χ2n) is 5.14. The van der Waals surface area contributed by atoms with Gasteiger partial charge >= 0.3 is 0 Å². The Labute approximate surface area is 135 Å². The molecule has 24 heavy (non-hydrogen) atoms. The van der Waals surface area contributed by atoms with Gasteiger partial charge in [0.05, 0.1) is 22.7 Å². The fourth-order valence-electron chi connectivity index (χ4n) is 2.46. The summed E-state index contributed by atoms with van der Waals surface area (Å²) in [5.41, 5.74) is -0.481. The topological polar surface area (TPSA) is 97.5 Å². The Bertz CT molecular complexity index is 969. The SMILES string of the molecule is NS(=O)(=O)c1ccc2c(c1)C(=O)C(=O)N2Cc1c(F)cccc1F. The fraction of sp³-hybridized carbons (Fsp3) is 0.0667. The lowest BCUT2D eigenvalue weighted by Crippen LogP contribution is -2.30. The van der Waals surface area contributed by atoms with Crippen LogP contribution in [0.25, 0.3) is 0 Å². The van der Waals surface area contributed by atoms with Gasteiger partial charge < -0.3 is 4.90 Å². The molecule has 0 saturated heterocycles. The van der Waals surface area contributed by atoms with Crippen LogP contribution in [-0.2, 0) is 21.4 Å².